The van der Waals surface area contributed by atoms with Crippen LogP contribution < -0.4 is 10.7 Å². The summed E-state index contributed by atoms with van der Waals surface area (Å²) in [5, 5.41) is 4.17. The molecule has 9 heavy (non-hydrogen) atoms. The van der Waals surface area contributed by atoms with Gasteiger partial charge in [-0.2, -0.15) is 0 Å². The summed E-state index contributed by atoms with van der Waals surface area (Å²) in [6.45, 7) is 2.52. The summed E-state index contributed by atoms with van der Waals surface area (Å²) in [4.78, 5) is 10.6. The van der Waals surface area contributed by atoms with Crippen LogP contribution in [0.15, 0.2) is 0 Å². The van der Waals surface area contributed by atoms with Crippen molar-refractivity contribution in [2.24, 2.45) is 0 Å². The van der Waals surface area contributed by atoms with Crippen molar-refractivity contribution in [1.82, 2.24) is 15.8 Å². The third kappa shape index (κ3) is 5.10. The number of amides is 2. The molecular formula is C5H13N3O. The summed E-state index contributed by atoms with van der Waals surface area (Å²) >= 11 is 0. The standard InChI is InChI=1S/C5H13N3O/c1-4-6-5(9)7-8(2)3/h4H2,1-3H3,(H2,6,7,9). The van der Waals surface area contributed by atoms with Gasteiger partial charge in [0, 0.05) is 20.6 Å². The first kappa shape index (κ1) is 8.23. The lowest BCUT2D eigenvalue weighted by atomic mass is 10.7. The van der Waals surface area contributed by atoms with Crippen LogP contribution in [0.5, 0.6) is 0 Å². The predicted molar refractivity (Wildman–Crippen MR) is 35.9 cm³/mol. The number of hydrazine groups is 1. The van der Waals surface area contributed by atoms with Crippen molar-refractivity contribution < 1.29 is 4.79 Å². The van der Waals surface area contributed by atoms with Crippen molar-refractivity contribution >= 4 is 6.03 Å². The van der Waals surface area contributed by atoms with Crippen LogP contribution in [-0.4, -0.2) is 31.7 Å². The first-order chi connectivity index (χ1) is 4.16. The largest absolute Gasteiger partial charge is 0.337 e. The highest BCUT2D eigenvalue weighted by atomic mass is 16.2. The summed E-state index contributed by atoms with van der Waals surface area (Å²) < 4.78 is 0. The second-order valence-corrected chi connectivity index (χ2v) is 1.87. The van der Waals surface area contributed by atoms with Crippen molar-refractivity contribution in [3.8, 4) is 0 Å². The maximum Gasteiger partial charge on any atom is 0.329 e. The topological polar surface area (TPSA) is 44.4 Å². The number of carbonyl (C=O) groups excluding carboxylic acids is 1. The Kier molecular flexibility index (Phi) is 3.79. The highest BCUT2D eigenvalue weighted by molar-refractivity contribution is 5.73. The SMILES string of the molecule is CCNC(=O)NN(C)C. The molecule has 0 aromatic heterocycles. The van der Waals surface area contributed by atoms with E-state index in [2.05, 4.69) is 10.7 Å². The van der Waals surface area contributed by atoms with Crippen molar-refractivity contribution in [2.75, 3.05) is 20.6 Å². The number of hydrogen-bond acceptors (Lipinski definition) is 2. The van der Waals surface area contributed by atoms with Crippen LogP contribution in [0, 0.1) is 0 Å². The number of carbonyl (C=O) groups is 1. The normalized spacial score (nSPS) is 9.33. The Labute approximate surface area is 55.2 Å². The molecule has 0 radical (unpaired) electrons. The van der Waals surface area contributed by atoms with Crippen molar-refractivity contribution in [3.05, 3.63) is 0 Å². The number of rotatable bonds is 2. The van der Waals surface area contributed by atoms with Gasteiger partial charge in [-0.15, -0.1) is 0 Å². The summed E-state index contributed by atoms with van der Waals surface area (Å²) in [5.41, 5.74) is 2.53. The molecule has 4 heteroatoms. The summed E-state index contributed by atoms with van der Waals surface area (Å²) in [5.74, 6) is 0. The fraction of sp³-hybridized carbons (Fsp3) is 0.800. The van der Waals surface area contributed by atoms with E-state index < -0.39 is 0 Å². The summed E-state index contributed by atoms with van der Waals surface area (Å²) in [6, 6.07) is -0.164. The van der Waals surface area contributed by atoms with E-state index in [9.17, 15) is 4.79 Å². The van der Waals surface area contributed by atoms with Crippen molar-refractivity contribution in [3.63, 3.8) is 0 Å². The minimum Gasteiger partial charge on any atom is -0.337 e. The van der Waals surface area contributed by atoms with E-state index in [0.29, 0.717) is 6.54 Å². The maximum atomic E-state index is 10.6. The zero-order valence-corrected chi connectivity index (χ0v) is 6.06. The zero-order chi connectivity index (χ0) is 7.28. The molecule has 0 fully saturated rings. The van der Waals surface area contributed by atoms with Gasteiger partial charge in [0.1, 0.15) is 0 Å². The van der Waals surface area contributed by atoms with Crippen LogP contribution in [0.4, 0.5) is 4.79 Å². The Bertz CT molecular complexity index is 92.2. The maximum absolute atomic E-state index is 10.6. The molecule has 0 bridgehead atoms. The Balaban J connectivity index is 3.27. The van der Waals surface area contributed by atoms with E-state index in [4.69, 9.17) is 0 Å². The van der Waals surface area contributed by atoms with E-state index in [1.165, 1.54) is 0 Å². The van der Waals surface area contributed by atoms with Crippen LogP contribution in [0.2, 0.25) is 0 Å². The fourth-order valence-corrected chi connectivity index (χ4v) is 0.403. The quantitative estimate of drug-likeness (QED) is 0.509. The van der Waals surface area contributed by atoms with Crippen LogP contribution in [0.1, 0.15) is 6.92 Å². The highest BCUT2D eigenvalue weighted by Crippen LogP contribution is 1.65. The lowest BCUT2D eigenvalue weighted by molar-refractivity contribution is 0.213. The minimum absolute atomic E-state index is 0.164. The van der Waals surface area contributed by atoms with Crippen LogP contribution in [0.25, 0.3) is 0 Å². The molecular weight excluding hydrogens is 118 g/mol. The minimum atomic E-state index is -0.164. The Hall–Kier alpha value is -0.770. The van der Waals surface area contributed by atoms with Crippen molar-refractivity contribution in [2.45, 2.75) is 6.92 Å². The Morgan fingerprint density at radius 3 is 2.44 bits per heavy atom. The second kappa shape index (κ2) is 4.14. The molecule has 0 saturated carbocycles. The number of nitrogens with zero attached hydrogens (tertiary/aromatic N) is 1. The lowest BCUT2D eigenvalue weighted by Crippen LogP contribution is -2.43. The monoisotopic (exact) mass is 131 g/mol. The number of nitrogens with one attached hydrogen (secondary N) is 2. The lowest BCUT2D eigenvalue weighted by Gasteiger charge is -2.11. The van der Waals surface area contributed by atoms with Gasteiger partial charge in [0.2, 0.25) is 0 Å². The fourth-order valence-electron chi connectivity index (χ4n) is 0.403. The molecule has 0 aliphatic carbocycles. The van der Waals surface area contributed by atoms with Crippen molar-refractivity contribution in [1.29, 1.82) is 0 Å². The molecule has 54 valence electrons. The number of hydrogen-bond donors (Lipinski definition) is 2. The van der Waals surface area contributed by atoms with Gasteiger partial charge >= 0.3 is 6.03 Å². The van der Waals surface area contributed by atoms with E-state index in [1.54, 1.807) is 19.1 Å². The molecule has 2 N–H and O–H groups in total. The van der Waals surface area contributed by atoms with Gasteiger partial charge in [-0.25, -0.2) is 9.80 Å². The van der Waals surface area contributed by atoms with Gasteiger partial charge in [0.15, 0.2) is 0 Å². The molecule has 0 aliphatic heterocycles. The smallest absolute Gasteiger partial charge is 0.329 e. The van der Waals surface area contributed by atoms with Gasteiger partial charge < -0.3 is 5.32 Å². The molecule has 0 unspecified atom stereocenters. The van der Waals surface area contributed by atoms with Gasteiger partial charge in [-0.3, -0.25) is 5.43 Å². The molecule has 0 rings (SSSR count). The third-order valence-corrected chi connectivity index (χ3v) is 0.662. The molecule has 2 amide bonds. The van der Waals surface area contributed by atoms with E-state index >= 15 is 0 Å². The Morgan fingerprint density at radius 1 is 1.56 bits per heavy atom. The molecule has 0 heterocycles. The van der Waals surface area contributed by atoms with E-state index in [0.717, 1.165) is 0 Å². The number of urea groups is 1. The van der Waals surface area contributed by atoms with E-state index in [1.807, 2.05) is 6.92 Å². The van der Waals surface area contributed by atoms with Crippen LogP contribution >= 0.6 is 0 Å². The third-order valence-electron chi connectivity index (χ3n) is 0.662. The first-order valence-corrected chi connectivity index (χ1v) is 2.88. The van der Waals surface area contributed by atoms with Gasteiger partial charge in [0.05, 0.1) is 0 Å². The molecule has 0 spiro atoms. The average Bonchev–Trinajstić information content (AvgIpc) is 1.63. The zero-order valence-electron chi connectivity index (χ0n) is 6.06. The predicted octanol–water partition coefficient (Wildman–Crippen LogP) is -0.218. The molecule has 0 aromatic carbocycles. The average molecular weight is 131 g/mol. The van der Waals surface area contributed by atoms with Crippen LogP contribution in [-0.2, 0) is 0 Å². The summed E-state index contributed by atoms with van der Waals surface area (Å²) in [7, 11) is 3.52. The second-order valence-electron chi connectivity index (χ2n) is 1.87. The van der Waals surface area contributed by atoms with E-state index in [-0.39, 0.29) is 6.03 Å². The van der Waals surface area contributed by atoms with Gasteiger partial charge in [-0.1, -0.05) is 0 Å². The molecule has 4 nitrogen and oxygen atoms in total. The molecule has 0 aromatic rings. The summed E-state index contributed by atoms with van der Waals surface area (Å²) in [6.07, 6.45) is 0. The van der Waals surface area contributed by atoms with Gasteiger partial charge in [0.25, 0.3) is 0 Å². The first-order valence-electron chi connectivity index (χ1n) is 2.88. The molecule has 0 saturated heterocycles. The van der Waals surface area contributed by atoms with Gasteiger partial charge in [-0.05, 0) is 6.92 Å². The molecule has 0 aliphatic rings. The Morgan fingerprint density at radius 2 is 2.11 bits per heavy atom. The van der Waals surface area contributed by atoms with Crippen LogP contribution in [0.3, 0.4) is 0 Å². The highest BCUT2D eigenvalue weighted by Gasteiger charge is 1.95. The molecule has 0 atom stereocenters.